The number of nitrogens with zero attached hydrogens (tertiary/aromatic N) is 2. The van der Waals surface area contributed by atoms with E-state index in [0.29, 0.717) is 18.8 Å². The minimum atomic E-state index is -4.35. The zero-order chi connectivity index (χ0) is 30.4. The van der Waals surface area contributed by atoms with Gasteiger partial charge in [0.1, 0.15) is 31.6 Å². The van der Waals surface area contributed by atoms with Crippen molar-refractivity contribution in [2.75, 3.05) is 24.1 Å². The zero-order valence-electron chi connectivity index (χ0n) is 24.2. The molecule has 1 heterocycles. The molecule has 1 aliphatic rings. The molecule has 0 unspecified atom stereocenters. The Bertz CT molecular complexity index is 1510. The quantitative estimate of drug-likeness (QED) is 0.351. The van der Waals surface area contributed by atoms with Crippen molar-refractivity contribution < 1.29 is 31.9 Å². The van der Waals surface area contributed by atoms with Crippen LogP contribution in [0.4, 0.5) is 10.1 Å². The summed E-state index contributed by atoms with van der Waals surface area (Å²) >= 11 is 0. The highest BCUT2D eigenvalue weighted by Crippen LogP contribution is 2.34. The fraction of sp³-hybridized carbons (Fsp3) is 0.355. The molecule has 0 aliphatic carbocycles. The van der Waals surface area contributed by atoms with Gasteiger partial charge in [0.15, 0.2) is 11.5 Å². The van der Waals surface area contributed by atoms with E-state index in [9.17, 15) is 22.4 Å². The second-order valence-corrected chi connectivity index (χ2v) is 12.2. The smallest absolute Gasteiger partial charge is 0.264 e. The molecule has 42 heavy (non-hydrogen) atoms. The van der Waals surface area contributed by atoms with E-state index in [4.69, 9.17) is 9.47 Å². The molecule has 224 valence electrons. The summed E-state index contributed by atoms with van der Waals surface area (Å²) in [4.78, 5) is 28.4. The first kappa shape index (κ1) is 30.8. The number of ether oxygens (including phenoxy) is 2. The molecule has 9 nitrogen and oxygen atoms in total. The summed E-state index contributed by atoms with van der Waals surface area (Å²) in [6, 6.07) is 15.6. The van der Waals surface area contributed by atoms with Gasteiger partial charge < -0.3 is 19.7 Å². The summed E-state index contributed by atoms with van der Waals surface area (Å²) in [5.74, 6) is -0.835. The molecule has 0 spiro atoms. The lowest BCUT2D eigenvalue weighted by Crippen LogP contribution is -2.52. The van der Waals surface area contributed by atoms with Crippen LogP contribution in [0, 0.1) is 12.7 Å². The van der Waals surface area contributed by atoms with Crippen molar-refractivity contribution in [2.24, 2.45) is 0 Å². The van der Waals surface area contributed by atoms with Crippen molar-refractivity contribution in [2.45, 2.75) is 57.6 Å². The van der Waals surface area contributed by atoms with Crippen molar-refractivity contribution in [3.8, 4) is 11.5 Å². The summed E-state index contributed by atoms with van der Waals surface area (Å²) in [6.45, 7) is 7.42. The van der Waals surface area contributed by atoms with Crippen LogP contribution in [-0.4, -0.2) is 57.0 Å². The number of aryl methyl sites for hydroxylation is 1. The van der Waals surface area contributed by atoms with E-state index >= 15 is 0 Å². The van der Waals surface area contributed by atoms with Gasteiger partial charge in [0.25, 0.3) is 10.0 Å². The number of anilines is 1. The van der Waals surface area contributed by atoms with Crippen LogP contribution in [0.2, 0.25) is 0 Å². The second-order valence-electron chi connectivity index (χ2n) is 10.3. The standard InChI is InChI=1S/C31H36FN3O6S/c1-5-22(3)33-31(37)23(4)34(19-24-8-6-21(2)7-9-24)30(36)20-35(26-12-10-25(32)11-13-26)42(38,39)27-14-15-28-29(18-27)41-17-16-40-28/h6-15,18,22-23H,5,16-17,19-20H2,1-4H3,(H,33,37)/t22-,23+/m0/s1. The zero-order valence-corrected chi connectivity index (χ0v) is 25.0. The van der Waals surface area contributed by atoms with E-state index in [1.807, 2.05) is 45.0 Å². The summed E-state index contributed by atoms with van der Waals surface area (Å²) in [7, 11) is -4.35. The average Bonchev–Trinajstić information content (AvgIpc) is 2.99. The Morgan fingerprint density at radius 3 is 2.24 bits per heavy atom. The number of rotatable bonds is 11. The number of carbonyl (C=O) groups excluding carboxylic acids is 2. The summed E-state index contributed by atoms with van der Waals surface area (Å²) in [6.07, 6.45) is 0.705. The van der Waals surface area contributed by atoms with Crippen molar-refractivity contribution in [3.63, 3.8) is 0 Å². The first-order valence-corrected chi connectivity index (χ1v) is 15.3. The number of halogens is 1. The highest BCUT2D eigenvalue weighted by atomic mass is 32.2. The van der Waals surface area contributed by atoms with Crippen molar-refractivity contribution in [1.29, 1.82) is 0 Å². The Morgan fingerprint density at radius 1 is 0.952 bits per heavy atom. The fourth-order valence-corrected chi connectivity index (χ4v) is 5.82. The maximum atomic E-state index is 14.0. The normalized spacial score (nSPS) is 14.0. The van der Waals surface area contributed by atoms with E-state index in [-0.39, 0.29) is 41.4 Å². The van der Waals surface area contributed by atoms with Crippen LogP contribution in [0.3, 0.4) is 0 Å². The van der Waals surface area contributed by atoms with Crippen LogP contribution in [0.15, 0.2) is 71.6 Å². The third-order valence-corrected chi connectivity index (χ3v) is 8.91. The first-order chi connectivity index (χ1) is 20.0. The minimum Gasteiger partial charge on any atom is -0.486 e. The molecule has 3 aromatic rings. The Kier molecular flexibility index (Phi) is 9.72. The topological polar surface area (TPSA) is 105 Å². The number of amides is 2. The number of hydrogen-bond donors (Lipinski definition) is 1. The van der Waals surface area contributed by atoms with Gasteiger partial charge in [-0.2, -0.15) is 0 Å². The van der Waals surface area contributed by atoms with Gasteiger partial charge in [-0.05, 0) is 69.2 Å². The van der Waals surface area contributed by atoms with Crippen LogP contribution in [-0.2, 0) is 26.2 Å². The van der Waals surface area contributed by atoms with Crippen LogP contribution in [0.5, 0.6) is 11.5 Å². The van der Waals surface area contributed by atoms with E-state index in [1.54, 1.807) is 6.92 Å². The van der Waals surface area contributed by atoms with Crippen LogP contribution >= 0.6 is 0 Å². The van der Waals surface area contributed by atoms with E-state index in [0.717, 1.165) is 27.6 Å². The Morgan fingerprint density at radius 2 is 1.60 bits per heavy atom. The predicted octanol–water partition coefficient (Wildman–Crippen LogP) is 4.43. The maximum absolute atomic E-state index is 14.0. The number of benzene rings is 3. The van der Waals surface area contributed by atoms with E-state index in [2.05, 4.69) is 5.32 Å². The van der Waals surface area contributed by atoms with Gasteiger partial charge in [0.05, 0.1) is 10.6 Å². The predicted molar refractivity (Wildman–Crippen MR) is 157 cm³/mol. The second kappa shape index (κ2) is 13.2. The molecule has 1 aliphatic heterocycles. The minimum absolute atomic E-state index is 0.0789. The molecule has 0 radical (unpaired) electrons. The third kappa shape index (κ3) is 7.20. The third-order valence-electron chi connectivity index (χ3n) is 7.14. The number of sulfonamides is 1. The highest BCUT2D eigenvalue weighted by Gasteiger charge is 2.33. The Hall–Kier alpha value is -4.12. The van der Waals surface area contributed by atoms with Gasteiger partial charge in [0, 0.05) is 18.7 Å². The molecule has 1 N–H and O–H groups in total. The van der Waals surface area contributed by atoms with Crippen molar-refractivity contribution in [3.05, 3.63) is 83.7 Å². The molecular weight excluding hydrogens is 561 g/mol. The van der Waals surface area contributed by atoms with Crippen molar-refractivity contribution >= 4 is 27.5 Å². The largest absolute Gasteiger partial charge is 0.486 e. The number of nitrogens with one attached hydrogen (secondary N) is 1. The maximum Gasteiger partial charge on any atom is 0.264 e. The lowest BCUT2D eigenvalue weighted by molar-refractivity contribution is -0.139. The monoisotopic (exact) mass is 597 g/mol. The molecule has 0 saturated carbocycles. The molecular formula is C31H36FN3O6S. The first-order valence-electron chi connectivity index (χ1n) is 13.8. The summed E-state index contributed by atoms with van der Waals surface area (Å²) in [5.41, 5.74) is 1.90. The van der Waals surface area contributed by atoms with Gasteiger partial charge in [-0.25, -0.2) is 12.8 Å². The van der Waals surface area contributed by atoms with Gasteiger partial charge >= 0.3 is 0 Å². The average molecular weight is 598 g/mol. The Labute approximate surface area is 246 Å². The van der Waals surface area contributed by atoms with Gasteiger partial charge in [-0.3, -0.25) is 13.9 Å². The summed E-state index contributed by atoms with van der Waals surface area (Å²) < 4.78 is 53.9. The number of carbonyl (C=O) groups is 2. The van der Waals surface area contributed by atoms with Crippen molar-refractivity contribution in [1.82, 2.24) is 10.2 Å². The SMILES string of the molecule is CC[C@H](C)NC(=O)[C@@H](C)N(Cc1ccc(C)cc1)C(=O)CN(c1ccc(F)cc1)S(=O)(=O)c1ccc2c(c1)OCCO2. The van der Waals surface area contributed by atoms with Gasteiger partial charge in [-0.15, -0.1) is 0 Å². The van der Waals surface area contributed by atoms with Crippen LogP contribution in [0.25, 0.3) is 0 Å². The van der Waals surface area contributed by atoms with E-state index < -0.39 is 34.3 Å². The highest BCUT2D eigenvalue weighted by molar-refractivity contribution is 7.92. The lowest BCUT2D eigenvalue weighted by Gasteiger charge is -2.32. The van der Waals surface area contributed by atoms with Crippen LogP contribution in [0.1, 0.15) is 38.3 Å². The Balaban J connectivity index is 1.71. The fourth-order valence-electron chi connectivity index (χ4n) is 4.39. The van der Waals surface area contributed by atoms with E-state index in [1.165, 1.54) is 35.2 Å². The molecule has 3 aromatic carbocycles. The molecule has 4 rings (SSSR count). The van der Waals surface area contributed by atoms with Gasteiger partial charge in [0.2, 0.25) is 11.8 Å². The number of hydrogen-bond acceptors (Lipinski definition) is 6. The molecule has 0 fully saturated rings. The number of fused-ring (bicyclic) bond motifs is 1. The van der Waals surface area contributed by atoms with Gasteiger partial charge in [-0.1, -0.05) is 36.8 Å². The molecule has 11 heteroatoms. The molecule has 2 atom stereocenters. The molecule has 0 aromatic heterocycles. The molecule has 0 bridgehead atoms. The van der Waals surface area contributed by atoms with Crippen LogP contribution < -0.4 is 19.1 Å². The molecule has 2 amide bonds. The summed E-state index contributed by atoms with van der Waals surface area (Å²) in [5, 5.41) is 2.90. The molecule has 0 saturated heterocycles. The lowest BCUT2D eigenvalue weighted by atomic mass is 10.1.